The van der Waals surface area contributed by atoms with Gasteiger partial charge < -0.3 is 20.4 Å². The second-order valence-electron chi connectivity index (χ2n) is 3.40. The molecule has 0 fully saturated rings. The highest BCUT2D eigenvalue weighted by molar-refractivity contribution is 4.95. The Hall–Kier alpha value is -0.160. The van der Waals surface area contributed by atoms with E-state index in [2.05, 4.69) is 0 Å². The average molecular weight is 164 g/mol. The zero-order valence-corrected chi connectivity index (χ0v) is 7.07. The Morgan fingerprint density at radius 2 is 1.55 bits per heavy atom. The van der Waals surface area contributed by atoms with E-state index in [9.17, 15) is 10.2 Å². The van der Waals surface area contributed by atoms with Crippen LogP contribution in [0.3, 0.4) is 0 Å². The van der Waals surface area contributed by atoms with E-state index in [1.807, 2.05) is 0 Å². The summed E-state index contributed by atoms with van der Waals surface area (Å²) in [7, 11) is 0. The van der Waals surface area contributed by atoms with E-state index in [0.29, 0.717) is 0 Å². The van der Waals surface area contributed by atoms with Crippen molar-refractivity contribution in [3.05, 3.63) is 0 Å². The van der Waals surface area contributed by atoms with Crippen molar-refractivity contribution in [3.63, 3.8) is 0 Å². The number of hydrogen-bond acceptors (Lipinski definition) is 4. The van der Waals surface area contributed by atoms with Gasteiger partial charge in [0.25, 0.3) is 0 Å². The number of aliphatic hydroxyl groups excluding tert-OH is 2. The highest BCUT2D eigenvalue weighted by atomic mass is 16.4. The van der Waals surface area contributed by atoms with Crippen LogP contribution in [-0.4, -0.2) is 44.3 Å². The molecule has 0 bridgehead atoms. The van der Waals surface area contributed by atoms with E-state index in [4.69, 9.17) is 10.2 Å². The van der Waals surface area contributed by atoms with Gasteiger partial charge in [0.15, 0.2) is 0 Å². The lowest BCUT2D eigenvalue weighted by Crippen LogP contribution is -2.57. The molecule has 0 aliphatic rings. The van der Waals surface area contributed by atoms with Gasteiger partial charge in [0, 0.05) is 0 Å². The normalized spacial score (nSPS) is 21.0. The van der Waals surface area contributed by atoms with E-state index < -0.39 is 23.9 Å². The molecule has 0 aromatic heterocycles. The van der Waals surface area contributed by atoms with Crippen LogP contribution in [0.25, 0.3) is 0 Å². The average Bonchev–Trinajstić information content (AvgIpc) is 1.83. The van der Waals surface area contributed by atoms with Gasteiger partial charge in [-0.15, -0.1) is 0 Å². The summed E-state index contributed by atoms with van der Waals surface area (Å²) in [6.45, 7) is 3.43. The van der Waals surface area contributed by atoms with Crippen molar-refractivity contribution >= 4 is 0 Å². The van der Waals surface area contributed by atoms with Crippen molar-refractivity contribution in [2.75, 3.05) is 6.61 Å². The minimum absolute atomic E-state index is 0.572. The van der Waals surface area contributed by atoms with Crippen molar-refractivity contribution in [3.8, 4) is 0 Å². The summed E-state index contributed by atoms with van der Waals surface area (Å²) in [5.41, 5.74) is -3.13. The molecule has 0 aromatic carbocycles. The maximum absolute atomic E-state index is 9.46. The fraction of sp³-hybridized carbons (Fsp3) is 1.00. The first kappa shape index (κ1) is 10.8. The van der Waals surface area contributed by atoms with Gasteiger partial charge in [0.2, 0.25) is 0 Å². The molecular formula is C7H16O4. The second kappa shape index (κ2) is 3.06. The Balaban J connectivity index is 4.45. The van der Waals surface area contributed by atoms with Gasteiger partial charge in [0.05, 0.1) is 12.2 Å². The molecule has 0 heterocycles. The molecular weight excluding hydrogens is 148 g/mol. The molecule has 4 heteroatoms. The molecule has 0 radical (unpaired) electrons. The van der Waals surface area contributed by atoms with Gasteiger partial charge in [-0.25, -0.2) is 0 Å². The summed E-state index contributed by atoms with van der Waals surface area (Å²) in [4.78, 5) is 0. The van der Waals surface area contributed by atoms with E-state index in [-0.39, 0.29) is 0 Å². The molecule has 4 N–H and O–H groups in total. The molecule has 0 aliphatic heterocycles. The fourth-order valence-electron chi connectivity index (χ4n) is 0.585. The lowest BCUT2D eigenvalue weighted by molar-refractivity contribution is -0.185. The molecule has 4 nitrogen and oxygen atoms in total. The molecule has 2 unspecified atom stereocenters. The molecule has 0 aliphatic carbocycles. The SMILES string of the molecule is CC(C)(O)C(C)(O)C(O)CO. The van der Waals surface area contributed by atoms with E-state index in [1.165, 1.54) is 20.8 Å². The van der Waals surface area contributed by atoms with Gasteiger partial charge in [-0.1, -0.05) is 0 Å². The molecule has 68 valence electrons. The molecule has 0 saturated carbocycles. The van der Waals surface area contributed by atoms with Crippen LogP contribution in [0.15, 0.2) is 0 Å². The van der Waals surface area contributed by atoms with Crippen LogP contribution in [0.1, 0.15) is 20.8 Å². The van der Waals surface area contributed by atoms with Gasteiger partial charge >= 0.3 is 0 Å². The Morgan fingerprint density at radius 1 is 1.18 bits per heavy atom. The molecule has 0 saturated heterocycles. The van der Waals surface area contributed by atoms with Crippen molar-refractivity contribution in [1.29, 1.82) is 0 Å². The van der Waals surface area contributed by atoms with Crippen LogP contribution in [0, 0.1) is 0 Å². The van der Waals surface area contributed by atoms with Gasteiger partial charge in [-0.3, -0.25) is 0 Å². The van der Waals surface area contributed by atoms with Crippen LogP contribution in [0.4, 0.5) is 0 Å². The van der Waals surface area contributed by atoms with Crippen LogP contribution in [0.5, 0.6) is 0 Å². The minimum atomic E-state index is -1.69. The van der Waals surface area contributed by atoms with E-state index >= 15 is 0 Å². The van der Waals surface area contributed by atoms with Crippen molar-refractivity contribution < 1.29 is 20.4 Å². The van der Waals surface area contributed by atoms with Gasteiger partial charge in [0.1, 0.15) is 11.7 Å². The van der Waals surface area contributed by atoms with Crippen molar-refractivity contribution in [2.45, 2.75) is 38.1 Å². The summed E-state index contributed by atoms with van der Waals surface area (Å²) in [5, 5.41) is 36.4. The summed E-state index contributed by atoms with van der Waals surface area (Å²) in [6, 6.07) is 0. The zero-order valence-electron chi connectivity index (χ0n) is 7.07. The predicted octanol–water partition coefficient (Wildman–Crippen LogP) is -1.14. The Bertz CT molecular complexity index is 125. The number of hydrogen-bond donors (Lipinski definition) is 4. The van der Waals surface area contributed by atoms with Crippen LogP contribution in [-0.2, 0) is 0 Å². The highest BCUT2D eigenvalue weighted by Gasteiger charge is 2.43. The third-order valence-corrected chi connectivity index (χ3v) is 2.06. The third-order valence-electron chi connectivity index (χ3n) is 2.06. The maximum Gasteiger partial charge on any atom is 0.118 e. The molecule has 2 atom stereocenters. The van der Waals surface area contributed by atoms with E-state index in [0.717, 1.165) is 0 Å². The minimum Gasteiger partial charge on any atom is -0.394 e. The smallest absolute Gasteiger partial charge is 0.118 e. The van der Waals surface area contributed by atoms with Crippen LogP contribution >= 0.6 is 0 Å². The lowest BCUT2D eigenvalue weighted by atomic mass is 9.83. The Kier molecular flexibility index (Phi) is 3.02. The molecule has 0 rings (SSSR count). The molecule has 0 amide bonds. The third kappa shape index (κ3) is 2.13. The van der Waals surface area contributed by atoms with E-state index in [1.54, 1.807) is 0 Å². The van der Waals surface area contributed by atoms with Crippen LogP contribution < -0.4 is 0 Å². The molecule has 0 spiro atoms. The summed E-state index contributed by atoms with van der Waals surface area (Å²) in [5.74, 6) is 0. The van der Waals surface area contributed by atoms with Gasteiger partial charge in [-0.05, 0) is 20.8 Å². The first-order valence-corrected chi connectivity index (χ1v) is 3.47. The fourth-order valence-corrected chi connectivity index (χ4v) is 0.585. The molecule has 11 heavy (non-hydrogen) atoms. The topological polar surface area (TPSA) is 80.9 Å². The van der Waals surface area contributed by atoms with Gasteiger partial charge in [-0.2, -0.15) is 0 Å². The number of aliphatic hydroxyl groups is 4. The van der Waals surface area contributed by atoms with Crippen molar-refractivity contribution in [1.82, 2.24) is 0 Å². The quantitative estimate of drug-likeness (QED) is 0.425. The van der Waals surface area contributed by atoms with Crippen molar-refractivity contribution in [2.24, 2.45) is 0 Å². The lowest BCUT2D eigenvalue weighted by Gasteiger charge is -2.38. The summed E-state index contributed by atoms with van der Waals surface area (Å²) >= 11 is 0. The second-order valence-corrected chi connectivity index (χ2v) is 3.40. The largest absolute Gasteiger partial charge is 0.394 e. The number of rotatable bonds is 3. The Labute approximate surface area is 66.1 Å². The summed E-state index contributed by atoms with van der Waals surface area (Å²) < 4.78 is 0. The van der Waals surface area contributed by atoms with Crippen LogP contribution in [0.2, 0.25) is 0 Å². The maximum atomic E-state index is 9.46. The highest BCUT2D eigenvalue weighted by Crippen LogP contribution is 2.24. The first-order valence-electron chi connectivity index (χ1n) is 3.47. The Morgan fingerprint density at radius 3 is 1.64 bits per heavy atom. The predicted molar refractivity (Wildman–Crippen MR) is 40.0 cm³/mol. The monoisotopic (exact) mass is 164 g/mol. The standard InChI is InChI=1S/C7H16O4/c1-6(2,10)7(3,11)5(9)4-8/h5,8-11H,4H2,1-3H3. The summed E-state index contributed by atoms with van der Waals surface area (Å²) in [6.07, 6.45) is -1.33. The molecule has 0 aromatic rings. The zero-order chi connectivity index (χ0) is 9.28. The first-order chi connectivity index (χ1) is 4.73.